The minimum absolute atomic E-state index is 0.0439. The van der Waals surface area contributed by atoms with E-state index in [2.05, 4.69) is 20.9 Å². The Morgan fingerprint density at radius 3 is 2.43 bits per heavy atom. The molecule has 0 fully saturated rings. The van der Waals surface area contributed by atoms with E-state index in [9.17, 15) is 9.59 Å². The van der Waals surface area contributed by atoms with E-state index in [-0.39, 0.29) is 12.1 Å². The maximum absolute atomic E-state index is 11.6. The molecule has 0 saturated carbocycles. The second-order valence-electron chi connectivity index (χ2n) is 5.33. The second kappa shape index (κ2) is 6.93. The maximum atomic E-state index is 11.6. The minimum Gasteiger partial charge on any atom is -0.369 e. The average molecular weight is 316 g/mol. The first-order valence-corrected chi connectivity index (χ1v) is 7.06. The van der Waals surface area contributed by atoms with E-state index < -0.39 is 18.1 Å². The predicted molar refractivity (Wildman–Crippen MR) is 88.4 cm³/mol. The zero-order chi connectivity index (χ0) is 17.0. The van der Waals surface area contributed by atoms with Crippen molar-refractivity contribution in [1.82, 2.24) is 10.6 Å². The Bertz CT molecular complexity index is 675. The van der Waals surface area contributed by atoms with Gasteiger partial charge in [0.25, 0.3) is 5.91 Å². The molecule has 0 saturated heterocycles. The number of benzene rings is 1. The van der Waals surface area contributed by atoms with Gasteiger partial charge in [-0.2, -0.15) is 0 Å². The van der Waals surface area contributed by atoms with Gasteiger partial charge in [-0.3, -0.25) is 19.9 Å². The molecule has 1 unspecified atom stereocenters. The quantitative estimate of drug-likeness (QED) is 0.480. The van der Waals surface area contributed by atoms with E-state index in [1.165, 1.54) is 6.21 Å². The highest BCUT2D eigenvalue weighted by atomic mass is 16.1. The van der Waals surface area contributed by atoms with Crippen LogP contribution >= 0.6 is 0 Å². The summed E-state index contributed by atoms with van der Waals surface area (Å²) in [5.41, 5.74) is 13.7. The zero-order valence-electron chi connectivity index (χ0n) is 13.0. The molecule has 8 heteroatoms. The highest BCUT2D eigenvalue weighted by molar-refractivity contribution is 6.12. The Morgan fingerprint density at radius 2 is 1.87 bits per heavy atom. The first-order valence-electron chi connectivity index (χ1n) is 7.06. The third-order valence-electron chi connectivity index (χ3n) is 3.13. The van der Waals surface area contributed by atoms with Gasteiger partial charge < -0.3 is 22.1 Å². The van der Waals surface area contributed by atoms with Crippen molar-refractivity contribution in [3.63, 3.8) is 0 Å². The lowest BCUT2D eigenvalue weighted by molar-refractivity contribution is -0.117. The van der Waals surface area contributed by atoms with Crippen molar-refractivity contribution in [3.8, 4) is 0 Å². The molecule has 1 aromatic rings. The maximum Gasteiger partial charge on any atom is 0.253 e. The molecule has 1 heterocycles. The molecule has 2 rings (SSSR count). The van der Waals surface area contributed by atoms with E-state index in [1.54, 1.807) is 0 Å². The van der Waals surface area contributed by atoms with Crippen LogP contribution in [0, 0.1) is 13.8 Å². The van der Waals surface area contributed by atoms with E-state index in [0.29, 0.717) is 5.82 Å². The summed E-state index contributed by atoms with van der Waals surface area (Å²) in [5.74, 6) is -0.698. The number of aliphatic imine (C=N–C) groups is 1. The average Bonchev–Trinajstić information content (AvgIpc) is 2.43. The van der Waals surface area contributed by atoms with Crippen LogP contribution in [-0.2, 0) is 9.59 Å². The monoisotopic (exact) mass is 316 g/mol. The minimum atomic E-state index is -0.610. The van der Waals surface area contributed by atoms with Crippen molar-refractivity contribution >= 4 is 23.7 Å². The number of amides is 2. The number of carbonyl (C=O) groups excluding carboxylic acids is 2. The Hall–Kier alpha value is -2.87. The number of nitrogens with two attached hydrogens (primary N) is 2. The van der Waals surface area contributed by atoms with Crippen molar-refractivity contribution in [3.05, 3.63) is 40.7 Å². The molecule has 1 atom stereocenters. The highest BCUT2D eigenvalue weighted by Crippen LogP contribution is 2.17. The van der Waals surface area contributed by atoms with Crippen molar-refractivity contribution in [2.75, 3.05) is 11.9 Å². The molecule has 1 aliphatic rings. The Balaban J connectivity index is 2.21. The Morgan fingerprint density at radius 1 is 1.22 bits per heavy atom. The van der Waals surface area contributed by atoms with E-state index in [4.69, 9.17) is 11.5 Å². The van der Waals surface area contributed by atoms with Crippen LogP contribution in [0.2, 0.25) is 0 Å². The molecule has 2 amide bonds. The van der Waals surface area contributed by atoms with Gasteiger partial charge in [0.15, 0.2) is 6.29 Å². The fourth-order valence-electron chi connectivity index (χ4n) is 2.25. The van der Waals surface area contributed by atoms with Gasteiger partial charge >= 0.3 is 0 Å². The second-order valence-corrected chi connectivity index (χ2v) is 5.33. The number of nitrogens with one attached hydrogen (secondary N) is 3. The van der Waals surface area contributed by atoms with E-state index in [1.807, 2.05) is 32.0 Å². The van der Waals surface area contributed by atoms with Crippen LogP contribution in [0.15, 0.2) is 34.6 Å². The summed E-state index contributed by atoms with van der Waals surface area (Å²) in [4.78, 5) is 26.5. The molecule has 8 nitrogen and oxygen atoms in total. The molecule has 0 bridgehead atoms. The van der Waals surface area contributed by atoms with E-state index in [0.717, 1.165) is 16.8 Å². The van der Waals surface area contributed by atoms with Gasteiger partial charge in [0, 0.05) is 11.9 Å². The number of anilines is 1. The van der Waals surface area contributed by atoms with Crippen LogP contribution in [0.25, 0.3) is 0 Å². The molecular weight excluding hydrogens is 296 g/mol. The van der Waals surface area contributed by atoms with Crippen LogP contribution in [-0.4, -0.2) is 30.9 Å². The van der Waals surface area contributed by atoms with Crippen LogP contribution in [0.4, 0.5) is 5.69 Å². The van der Waals surface area contributed by atoms with Crippen LogP contribution in [0.5, 0.6) is 0 Å². The molecule has 0 radical (unpaired) electrons. The van der Waals surface area contributed by atoms with Gasteiger partial charge in [0.2, 0.25) is 5.91 Å². The number of rotatable bonds is 6. The topological polar surface area (TPSA) is 135 Å². The van der Waals surface area contributed by atoms with Gasteiger partial charge in [-0.15, -0.1) is 0 Å². The number of primary amides is 2. The number of hydrogen-bond acceptors (Lipinski definition) is 6. The Labute approximate surface area is 134 Å². The first-order chi connectivity index (χ1) is 10.8. The lowest BCUT2D eigenvalue weighted by Gasteiger charge is -2.25. The summed E-state index contributed by atoms with van der Waals surface area (Å²) in [6.45, 7) is 3.92. The van der Waals surface area contributed by atoms with Gasteiger partial charge in [-0.1, -0.05) is 6.07 Å². The van der Waals surface area contributed by atoms with Gasteiger partial charge in [-0.25, -0.2) is 0 Å². The molecule has 7 N–H and O–H groups in total. The number of carbonyl (C=O) groups is 2. The summed E-state index contributed by atoms with van der Waals surface area (Å²) >= 11 is 0. The number of aryl methyl sites for hydroxylation is 2. The van der Waals surface area contributed by atoms with Crippen molar-refractivity contribution in [1.29, 1.82) is 0 Å². The molecule has 0 aliphatic carbocycles. The Kier molecular flexibility index (Phi) is 4.97. The molecule has 1 aromatic carbocycles. The normalized spacial score (nSPS) is 16.9. The third kappa shape index (κ3) is 4.55. The summed E-state index contributed by atoms with van der Waals surface area (Å²) in [6, 6.07) is 5.93. The van der Waals surface area contributed by atoms with Crippen molar-refractivity contribution in [2.45, 2.75) is 20.1 Å². The van der Waals surface area contributed by atoms with E-state index >= 15 is 0 Å². The molecular formula is C15H20N6O2. The zero-order valence-corrected chi connectivity index (χ0v) is 13.0. The molecule has 23 heavy (non-hydrogen) atoms. The fourth-order valence-corrected chi connectivity index (χ4v) is 2.25. The summed E-state index contributed by atoms with van der Waals surface area (Å²) < 4.78 is 0. The fraction of sp³-hybridized carbons (Fsp3) is 0.267. The van der Waals surface area contributed by atoms with Crippen LogP contribution in [0.1, 0.15) is 11.1 Å². The molecule has 0 spiro atoms. The van der Waals surface area contributed by atoms with Gasteiger partial charge in [0.1, 0.15) is 5.82 Å². The summed E-state index contributed by atoms with van der Waals surface area (Å²) in [6.07, 6.45) is 0.779. The standard InChI is InChI=1S/C15H20N6O2/c1-8-3-9(2)5-10(4-8)20-14-11(13(17)23)6-18-15(21-14)19-7-12(16)22/h3-6,15,19-21H,7H2,1-2H3,(H2,16,22)(H2,17,23). The van der Waals surface area contributed by atoms with Gasteiger partial charge in [-0.05, 0) is 37.1 Å². The number of nitrogens with zero attached hydrogens (tertiary/aromatic N) is 1. The van der Waals surface area contributed by atoms with Crippen LogP contribution < -0.4 is 27.4 Å². The molecule has 122 valence electrons. The predicted octanol–water partition coefficient (Wildman–Crippen LogP) is -0.555. The lowest BCUT2D eigenvalue weighted by Crippen LogP contribution is -2.48. The lowest BCUT2D eigenvalue weighted by atomic mass is 10.1. The first kappa shape index (κ1) is 16.5. The molecule has 0 aromatic heterocycles. The van der Waals surface area contributed by atoms with Crippen molar-refractivity contribution < 1.29 is 9.59 Å². The smallest absolute Gasteiger partial charge is 0.253 e. The van der Waals surface area contributed by atoms with Crippen LogP contribution in [0.3, 0.4) is 0 Å². The van der Waals surface area contributed by atoms with Crippen molar-refractivity contribution in [2.24, 2.45) is 16.5 Å². The summed E-state index contributed by atoms with van der Waals surface area (Å²) in [7, 11) is 0. The highest BCUT2D eigenvalue weighted by Gasteiger charge is 2.20. The molecule has 1 aliphatic heterocycles. The third-order valence-corrected chi connectivity index (χ3v) is 3.13. The summed E-state index contributed by atoms with van der Waals surface area (Å²) in [5, 5.41) is 8.92. The van der Waals surface area contributed by atoms with Gasteiger partial charge in [0.05, 0.1) is 12.1 Å². The number of hydrogen-bond donors (Lipinski definition) is 5. The largest absolute Gasteiger partial charge is 0.369 e. The SMILES string of the molecule is Cc1cc(C)cc(NC2=C(C(N)=O)C=NC(NCC(N)=O)N2)c1.